The molecule has 0 unspecified atom stereocenters. The Morgan fingerprint density at radius 1 is 1.00 bits per heavy atom. The van der Waals surface area contributed by atoms with Crippen molar-refractivity contribution in [1.82, 2.24) is 4.98 Å². The molecule has 0 atom stereocenters. The molecule has 2 heterocycles. The molecule has 4 nitrogen and oxygen atoms in total. The minimum absolute atomic E-state index is 0.279. The van der Waals surface area contributed by atoms with Crippen LogP contribution in [0.3, 0.4) is 0 Å². The number of benzene rings is 1. The lowest BCUT2D eigenvalue weighted by Gasteiger charge is -2.27. The van der Waals surface area contributed by atoms with Crippen LogP contribution in [0.2, 0.25) is 0 Å². The summed E-state index contributed by atoms with van der Waals surface area (Å²) in [5, 5.41) is 11.0. The summed E-state index contributed by atoms with van der Waals surface area (Å²) in [6.45, 7) is 2.01. The first-order valence-corrected chi connectivity index (χ1v) is 7.63. The molecule has 110 valence electrons. The summed E-state index contributed by atoms with van der Waals surface area (Å²) in [6, 6.07) is 7.67. The molecule has 0 bridgehead atoms. The van der Waals surface area contributed by atoms with E-state index >= 15 is 0 Å². The number of nitrogens with zero attached hydrogens (tertiary/aromatic N) is 2. The molecule has 4 heteroatoms. The zero-order chi connectivity index (χ0) is 14.7. The van der Waals surface area contributed by atoms with Gasteiger partial charge < -0.3 is 10.0 Å². The molecule has 3 rings (SSSR count). The van der Waals surface area contributed by atoms with Gasteiger partial charge in [0.15, 0.2) is 0 Å². The third kappa shape index (κ3) is 2.84. The molecule has 1 saturated heterocycles. The summed E-state index contributed by atoms with van der Waals surface area (Å²) in [4.78, 5) is 18.1. The summed E-state index contributed by atoms with van der Waals surface area (Å²) in [6.07, 6.45) is 7.70. The Labute approximate surface area is 124 Å². The average molecular weight is 284 g/mol. The minimum atomic E-state index is -0.919. The lowest BCUT2D eigenvalue weighted by Crippen LogP contribution is -2.28. The molecule has 0 spiro atoms. The second-order valence-electron chi connectivity index (χ2n) is 5.60. The van der Waals surface area contributed by atoms with Crippen LogP contribution in [-0.4, -0.2) is 29.1 Å². The average Bonchev–Trinajstić information content (AvgIpc) is 2.46. The Hall–Kier alpha value is -2.10. The van der Waals surface area contributed by atoms with Crippen LogP contribution < -0.4 is 4.90 Å². The Balaban J connectivity index is 2.06. The van der Waals surface area contributed by atoms with Gasteiger partial charge in [-0.2, -0.15) is 0 Å². The van der Waals surface area contributed by atoms with E-state index in [1.165, 1.54) is 38.3 Å². The monoisotopic (exact) mass is 284 g/mol. The Morgan fingerprint density at radius 3 is 2.29 bits per heavy atom. The van der Waals surface area contributed by atoms with Crippen molar-refractivity contribution in [3.8, 4) is 0 Å². The van der Waals surface area contributed by atoms with E-state index in [9.17, 15) is 9.90 Å². The number of fused-ring (bicyclic) bond motifs is 1. The van der Waals surface area contributed by atoms with E-state index in [-0.39, 0.29) is 5.56 Å². The number of pyridine rings is 1. The van der Waals surface area contributed by atoms with Gasteiger partial charge in [0.25, 0.3) is 0 Å². The molecule has 1 aromatic carbocycles. The third-order valence-electron chi connectivity index (χ3n) is 4.16. The summed E-state index contributed by atoms with van der Waals surface area (Å²) < 4.78 is 0. The molecule has 1 fully saturated rings. The van der Waals surface area contributed by atoms with Gasteiger partial charge >= 0.3 is 5.97 Å². The number of anilines is 1. The highest BCUT2D eigenvalue weighted by Crippen LogP contribution is 2.28. The largest absolute Gasteiger partial charge is 0.478 e. The second-order valence-corrected chi connectivity index (χ2v) is 5.60. The first-order valence-electron chi connectivity index (χ1n) is 7.63. The van der Waals surface area contributed by atoms with Crippen LogP contribution in [-0.2, 0) is 0 Å². The van der Waals surface area contributed by atoms with E-state index in [1.54, 1.807) is 0 Å². The standard InChI is InChI=1S/C17H20N2O2/c20-17(21)15-12-18-16(14-9-5-4-8-13(14)15)19-10-6-2-1-3-7-11-19/h4-5,8-9,12H,1-3,6-7,10-11H2,(H,20,21). The molecule has 21 heavy (non-hydrogen) atoms. The normalized spacial score (nSPS) is 16.5. The van der Waals surface area contributed by atoms with Crippen molar-refractivity contribution in [2.75, 3.05) is 18.0 Å². The van der Waals surface area contributed by atoms with Crippen molar-refractivity contribution >= 4 is 22.6 Å². The van der Waals surface area contributed by atoms with Crippen molar-refractivity contribution in [2.24, 2.45) is 0 Å². The summed E-state index contributed by atoms with van der Waals surface area (Å²) in [7, 11) is 0. The number of carbonyl (C=O) groups is 1. The molecule has 2 aromatic rings. The summed E-state index contributed by atoms with van der Waals surface area (Å²) >= 11 is 0. The van der Waals surface area contributed by atoms with Crippen molar-refractivity contribution in [1.29, 1.82) is 0 Å². The van der Waals surface area contributed by atoms with E-state index in [2.05, 4.69) is 9.88 Å². The number of aromatic nitrogens is 1. The number of rotatable bonds is 2. The zero-order valence-corrected chi connectivity index (χ0v) is 12.1. The van der Waals surface area contributed by atoms with E-state index < -0.39 is 5.97 Å². The Morgan fingerprint density at radius 2 is 1.62 bits per heavy atom. The van der Waals surface area contributed by atoms with Crippen molar-refractivity contribution in [3.63, 3.8) is 0 Å². The molecule has 1 N–H and O–H groups in total. The molecular weight excluding hydrogens is 264 g/mol. The van der Waals surface area contributed by atoms with Gasteiger partial charge in [-0.05, 0) is 12.8 Å². The van der Waals surface area contributed by atoms with E-state index in [0.717, 1.165) is 29.7 Å². The topological polar surface area (TPSA) is 53.4 Å². The molecule has 0 aliphatic carbocycles. The van der Waals surface area contributed by atoms with E-state index in [4.69, 9.17) is 0 Å². The number of aromatic carboxylic acids is 1. The maximum absolute atomic E-state index is 11.3. The van der Waals surface area contributed by atoms with Crippen LogP contribution in [0.25, 0.3) is 10.8 Å². The van der Waals surface area contributed by atoms with Crippen LogP contribution >= 0.6 is 0 Å². The van der Waals surface area contributed by atoms with Gasteiger partial charge in [0.2, 0.25) is 0 Å². The third-order valence-corrected chi connectivity index (χ3v) is 4.16. The highest BCUT2D eigenvalue weighted by Gasteiger charge is 2.17. The Bertz CT molecular complexity index is 646. The van der Waals surface area contributed by atoms with Gasteiger partial charge in [-0.3, -0.25) is 0 Å². The van der Waals surface area contributed by atoms with Gasteiger partial charge in [0, 0.05) is 30.1 Å². The number of carboxylic acid groups (broad SMARTS) is 1. The minimum Gasteiger partial charge on any atom is -0.478 e. The van der Waals surface area contributed by atoms with Gasteiger partial charge in [-0.1, -0.05) is 43.5 Å². The van der Waals surface area contributed by atoms with Crippen LogP contribution in [0.4, 0.5) is 5.82 Å². The fraction of sp³-hybridized carbons (Fsp3) is 0.412. The summed E-state index contributed by atoms with van der Waals surface area (Å²) in [5.74, 6) is 0.00964. The van der Waals surface area contributed by atoms with Gasteiger partial charge in [-0.25, -0.2) is 9.78 Å². The molecule has 1 aliphatic heterocycles. The fourth-order valence-corrected chi connectivity index (χ4v) is 3.06. The predicted octanol–water partition coefficient (Wildman–Crippen LogP) is 3.70. The maximum Gasteiger partial charge on any atom is 0.337 e. The molecule has 0 saturated carbocycles. The first kappa shape index (κ1) is 13.9. The summed E-state index contributed by atoms with van der Waals surface area (Å²) in [5.41, 5.74) is 0.279. The van der Waals surface area contributed by atoms with Gasteiger partial charge in [-0.15, -0.1) is 0 Å². The van der Waals surface area contributed by atoms with Crippen LogP contribution in [0.5, 0.6) is 0 Å². The maximum atomic E-state index is 11.3. The first-order chi connectivity index (χ1) is 10.3. The Kier molecular flexibility index (Phi) is 4.04. The van der Waals surface area contributed by atoms with Crippen LogP contribution in [0.1, 0.15) is 42.5 Å². The van der Waals surface area contributed by atoms with Crippen molar-refractivity contribution < 1.29 is 9.90 Å². The lowest BCUT2D eigenvalue weighted by atomic mass is 10.0. The van der Waals surface area contributed by atoms with E-state index in [0.29, 0.717) is 0 Å². The number of hydrogen-bond acceptors (Lipinski definition) is 3. The number of carboxylic acids is 1. The second kappa shape index (κ2) is 6.12. The molecule has 1 aromatic heterocycles. The van der Waals surface area contributed by atoms with Crippen molar-refractivity contribution in [3.05, 3.63) is 36.0 Å². The quantitative estimate of drug-likeness (QED) is 0.913. The number of hydrogen-bond donors (Lipinski definition) is 1. The molecule has 1 aliphatic rings. The van der Waals surface area contributed by atoms with Crippen molar-refractivity contribution in [2.45, 2.75) is 32.1 Å². The highest BCUT2D eigenvalue weighted by atomic mass is 16.4. The van der Waals surface area contributed by atoms with E-state index in [1.807, 2.05) is 24.3 Å². The molecular formula is C17H20N2O2. The predicted molar refractivity (Wildman–Crippen MR) is 84.0 cm³/mol. The SMILES string of the molecule is O=C(O)c1cnc(N2CCCCCCC2)c2ccccc12. The van der Waals surface area contributed by atoms with Crippen LogP contribution in [0, 0.1) is 0 Å². The molecule has 0 amide bonds. The van der Waals surface area contributed by atoms with Gasteiger partial charge in [0.1, 0.15) is 5.82 Å². The highest BCUT2D eigenvalue weighted by molar-refractivity contribution is 6.06. The zero-order valence-electron chi connectivity index (χ0n) is 12.1. The molecule has 0 radical (unpaired) electrons. The fourth-order valence-electron chi connectivity index (χ4n) is 3.06. The lowest BCUT2D eigenvalue weighted by molar-refractivity contribution is 0.0698. The van der Waals surface area contributed by atoms with Gasteiger partial charge in [0.05, 0.1) is 5.56 Å². The smallest absolute Gasteiger partial charge is 0.337 e. The van der Waals surface area contributed by atoms with Crippen LogP contribution in [0.15, 0.2) is 30.5 Å².